The van der Waals surface area contributed by atoms with Gasteiger partial charge in [-0.1, -0.05) is 18.2 Å². The molecule has 0 radical (unpaired) electrons. The predicted molar refractivity (Wildman–Crippen MR) is 69.5 cm³/mol. The monoisotopic (exact) mass is 252 g/mol. The molecule has 0 aliphatic carbocycles. The third-order valence-corrected chi connectivity index (χ3v) is 3.53. The van der Waals surface area contributed by atoms with Crippen LogP contribution in [-0.4, -0.2) is 35.7 Å². The van der Waals surface area contributed by atoms with Gasteiger partial charge in [0.1, 0.15) is 5.82 Å². The lowest BCUT2D eigenvalue weighted by Crippen LogP contribution is -2.46. The summed E-state index contributed by atoms with van der Waals surface area (Å²) in [7, 11) is 0. The Morgan fingerprint density at radius 3 is 2.83 bits per heavy atom. The molecule has 4 heteroatoms. The van der Waals surface area contributed by atoms with Crippen LogP contribution in [-0.2, 0) is 6.54 Å². The van der Waals surface area contributed by atoms with Crippen LogP contribution in [0.5, 0.6) is 0 Å². The van der Waals surface area contributed by atoms with Crippen molar-refractivity contribution in [3.8, 4) is 0 Å². The maximum atomic E-state index is 13.6. The van der Waals surface area contributed by atoms with Crippen molar-refractivity contribution in [3.05, 3.63) is 35.6 Å². The summed E-state index contributed by atoms with van der Waals surface area (Å²) >= 11 is 0. The van der Waals surface area contributed by atoms with E-state index in [4.69, 9.17) is 10.8 Å². The molecule has 1 saturated heterocycles. The third-order valence-electron chi connectivity index (χ3n) is 3.53. The van der Waals surface area contributed by atoms with E-state index in [0.717, 1.165) is 25.9 Å². The maximum absolute atomic E-state index is 13.6. The Bertz CT molecular complexity index is 386. The van der Waals surface area contributed by atoms with Gasteiger partial charge in [-0.05, 0) is 24.8 Å². The highest BCUT2D eigenvalue weighted by Crippen LogP contribution is 2.21. The Hall–Kier alpha value is -0.970. The van der Waals surface area contributed by atoms with Gasteiger partial charge in [-0.2, -0.15) is 0 Å². The number of hydrogen-bond acceptors (Lipinski definition) is 3. The Labute approximate surface area is 107 Å². The van der Waals surface area contributed by atoms with E-state index < -0.39 is 0 Å². The van der Waals surface area contributed by atoms with E-state index in [1.165, 1.54) is 6.07 Å². The Kier molecular flexibility index (Phi) is 4.69. The summed E-state index contributed by atoms with van der Waals surface area (Å²) in [5.41, 5.74) is 6.74. The molecule has 18 heavy (non-hydrogen) atoms. The number of hydrogen-bond donors (Lipinski definition) is 2. The largest absolute Gasteiger partial charge is 0.396 e. The van der Waals surface area contributed by atoms with E-state index in [0.29, 0.717) is 18.0 Å². The van der Waals surface area contributed by atoms with Crippen molar-refractivity contribution in [2.75, 3.05) is 19.7 Å². The first-order valence-electron chi connectivity index (χ1n) is 6.51. The number of rotatable bonds is 4. The number of halogens is 1. The molecule has 1 aliphatic rings. The van der Waals surface area contributed by atoms with Gasteiger partial charge in [0, 0.05) is 37.8 Å². The predicted octanol–water partition coefficient (Wildman–Crippen LogP) is 1.36. The summed E-state index contributed by atoms with van der Waals surface area (Å²) < 4.78 is 13.6. The summed E-state index contributed by atoms with van der Waals surface area (Å²) in [5, 5.41) is 9.01. The molecule has 3 nitrogen and oxygen atoms in total. The lowest BCUT2D eigenvalue weighted by atomic mass is 9.92. The number of nitrogens with zero attached hydrogens (tertiary/aromatic N) is 1. The highest BCUT2D eigenvalue weighted by Gasteiger charge is 2.25. The fourth-order valence-electron chi connectivity index (χ4n) is 2.74. The topological polar surface area (TPSA) is 49.5 Å². The zero-order valence-corrected chi connectivity index (χ0v) is 10.6. The highest BCUT2D eigenvalue weighted by molar-refractivity contribution is 5.17. The molecule has 1 aliphatic heterocycles. The summed E-state index contributed by atoms with van der Waals surface area (Å²) in [6.45, 7) is 2.49. The summed E-state index contributed by atoms with van der Waals surface area (Å²) in [5.74, 6) is 0.265. The van der Waals surface area contributed by atoms with E-state index in [1.54, 1.807) is 6.07 Å². The Balaban J connectivity index is 1.98. The summed E-state index contributed by atoms with van der Waals surface area (Å²) in [6, 6.07) is 6.99. The quantitative estimate of drug-likeness (QED) is 0.850. The molecule has 100 valence electrons. The molecule has 0 amide bonds. The first-order valence-corrected chi connectivity index (χ1v) is 6.51. The molecule has 0 aromatic heterocycles. The SMILES string of the molecule is NC1CC(CCO)CN(Cc2ccccc2F)C1. The molecular weight excluding hydrogens is 231 g/mol. The first-order chi connectivity index (χ1) is 8.69. The number of benzene rings is 1. The summed E-state index contributed by atoms with van der Waals surface area (Å²) in [4.78, 5) is 2.19. The molecule has 1 aromatic rings. The average Bonchev–Trinajstić information content (AvgIpc) is 2.32. The molecule has 1 heterocycles. The van der Waals surface area contributed by atoms with Crippen LogP contribution in [0.3, 0.4) is 0 Å². The molecule has 1 fully saturated rings. The third kappa shape index (κ3) is 3.51. The van der Waals surface area contributed by atoms with Crippen LogP contribution in [0.1, 0.15) is 18.4 Å². The van der Waals surface area contributed by atoms with Crippen molar-refractivity contribution in [1.29, 1.82) is 0 Å². The van der Waals surface area contributed by atoms with Gasteiger partial charge in [-0.25, -0.2) is 4.39 Å². The van der Waals surface area contributed by atoms with Crippen LogP contribution in [0.25, 0.3) is 0 Å². The fourth-order valence-corrected chi connectivity index (χ4v) is 2.74. The molecular formula is C14H21FN2O. The molecule has 2 unspecified atom stereocenters. The second-order valence-corrected chi connectivity index (χ2v) is 5.16. The van der Waals surface area contributed by atoms with Gasteiger partial charge in [0.25, 0.3) is 0 Å². The smallest absolute Gasteiger partial charge is 0.127 e. The second kappa shape index (κ2) is 6.27. The van der Waals surface area contributed by atoms with Crippen LogP contribution in [0.15, 0.2) is 24.3 Å². The number of aliphatic hydroxyl groups excluding tert-OH is 1. The molecule has 1 aromatic carbocycles. The van der Waals surface area contributed by atoms with Crippen LogP contribution >= 0.6 is 0 Å². The Morgan fingerprint density at radius 2 is 2.11 bits per heavy atom. The summed E-state index contributed by atoms with van der Waals surface area (Å²) in [6.07, 6.45) is 1.73. The number of likely N-dealkylation sites (tertiary alicyclic amines) is 1. The molecule has 0 bridgehead atoms. The van der Waals surface area contributed by atoms with E-state index in [-0.39, 0.29) is 18.5 Å². The van der Waals surface area contributed by atoms with Gasteiger partial charge < -0.3 is 10.8 Å². The highest BCUT2D eigenvalue weighted by atomic mass is 19.1. The molecule has 2 atom stereocenters. The van der Waals surface area contributed by atoms with E-state index in [1.807, 2.05) is 12.1 Å². The standard InChI is InChI=1S/C14H21FN2O/c15-14-4-2-1-3-12(14)9-17-8-11(5-6-18)7-13(16)10-17/h1-4,11,13,18H,5-10,16H2. The number of piperidine rings is 1. The zero-order valence-electron chi connectivity index (χ0n) is 10.6. The first kappa shape index (κ1) is 13.5. The van der Waals surface area contributed by atoms with Gasteiger partial charge >= 0.3 is 0 Å². The van der Waals surface area contributed by atoms with Gasteiger partial charge in [0.2, 0.25) is 0 Å². The fraction of sp³-hybridized carbons (Fsp3) is 0.571. The van der Waals surface area contributed by atoms with Crippen molar-refractivity contribution in [1.82, 2.24) is 4.90 Å². The minimum Gasteiger partial charge on any atom is -0.396 e. The van der Waals surface area contributed by atoms with Crippen molar-refractivity contribution in [3.63, 3.8) is 0 Å². The minimum absolute atomic E-state index is 0.127. The van der Waals surface area contributed by atoms with Crippen molar-refractivity contribution in [2.45, 2.75) is 25.4 Å². The van der Waals surface area contributed by atoms with Crippen LogP contribution < -0.4 is 5.73 Å². The molecule has 2 rings (SSSR count). The minimum atomic E-state index is -0.157. The maximum Gasteiger partial charge on any atom is 0.127 e. The van der Waals surface area contributed by atoms with Crippen LogP contribution in [0.2, 0.25) is 0 Å². The molecule has 3 N–H and O–H groups in total. The lowest BCUT2D eigenvalue weighted by molar-refractivity contribution is 0.127. The average molecular weight is 252 g/mol. The molecule has 0 spiro atoms. The van der Waals surface area contributed by atoms with Crippen LogP contribution in [0.4, 0.5) is 4.39 Å². The number of aliphatic hydroxyl groups is 1. The van der Waals surface area contributed by atoms with Crippen molar-refractivity contribution in [2.24, 2.45) is 11.7 Å². The van der Waals surface area contributed by atoms with E-state index >= 15 is 0 Å². The van der Waals surface area contributed by atoms with Gasteiger partial charge in [0.15, 0.2) is 0 Å². The van der Waals surface area contributed by atoms with E-state index in [2.05, 4.69) is 4.90 Å². The Morgan fingerprint density at radius 1 is 1.33 bits per heavy atom. The van der Waals surface area contributed by atoms with Gasteiger partial charge in [0.05, 0.1) is 0 Å². The van der Waals surface area contributed by atoms with Crippen molar-refractivity contribution < 1.29 is 9.50 Å². The normalized spacial score (nSPS) is 25.3. The zero-order chi connectivity index (χ0) is 13.0. The lowest BCUT2D eigenvalue weighted by Gasteiger charge is -2.36. The number of nitrogens with two attached hydrogens (primary N) is 1. The van der Waals surface area contributed by atoms with Crippen LogP contribution in [0, 0.1) is 11.7 Å². The second-order valence-electron chi connectivity index (χ2n) is 5.16. The van der Waals surface area contributed by atoms with E-state index in [9.17, 15) is 4.39 Å². The van der Waals surface area contributed by atoms with Gasteiger partial charge in [-0.15, -0.1) is 0 Å². The van der Waals surface area contributed by atoms with Gasteiger partial charge in [-0.3, -0.25) is 4.90 Å². The van der Waals surface area contributed by atoms with Crippen molar-refractivity contribution >= 4 is 0 Å². The molecule has 0 saturated carbocycles.